The summed E-state index contributed by atoms with van der Waals surface area (Å²) in [5, 5.41) is 0. The molecule has 6 rings (SSSR count). The topological polar surface area (TPSA) is 72.9 Å². The first-order valence-corrected chi connectivity index (χ1v) is 14.7. The van der Waals surface area contributed by atoms with Gasteiger partial charge in [0.25, 0.3) is 0 Å². The highest BCUT2D eigenvalue weighted by atomic mass is 16.6. The molecule has 1 heterocycles. The van der Waals surface area contributed by atoms with Crippen molar-refractivity contribution in [2.24, 2.45) is 5.92 Å². The minimum Gasteiger partial charge on any atom is -0.460 e. The number of fused-ring (bicyclic) bond motifs is 3. The summed E-state index contributed by atoms with van der Waals surface area (Å²) in [4.78, 5) is 43.3. The first-order valence-electron chi connectivity index (χ1n) is 14.7. The van der Waals surface area contributed by atoms with Crippen LogP contribution >= 0.6 is 0 Å². The van der Waals surface area contributed by atoms with Gasteiger partial charge in [-0.1, -0.05) is 109 Å². The smallest absolute Gasteiger partial charge is 0.324 e. The van der Waals surface area contributed by atoms with Crippen LogP contribution in [0.25, 0.3) is 11.1 Å². The second-order valence-corrected chi connectivity index (χ2v) is 12.2. The lowest BCUT2D eigenvalue weighted by Crippen LogP contribution is -2.53. The summed E-state index contributed by atoms with van der Waals surface area (Å²) in [6, 6.07) is 34.7. The highest BCUT2D eigenvalue weighted by molar-refractivity contribution is 5.97. The van der Waals surface area contributed by atoms with E-state index in [1.807, 2.05) is 89.8 Å². The third-order valence-electron chi connectivity index (χ3n) is 8.27. The minimum absolute atomic E-state index is 0.0316. The van der Waals surface area contributed by atoms with Gasteiger partial charge < -0.3 is 9.47 Å². The van der Waals surface area contributed by atoms with Crippen molar-refractivity contribution in [1.82, 2.24) is 4.90 Å². The number of ketones is 1. The maximum absolute atomic E-state index is 14.2. The fourth-order valence-electron chi connectivity index (χ4n) is 6.68. The van der Waals surface area contributed by atoms with E-state index in [-0.39, 0.29) is 25.4 Å². The van der Waals surface area contributed by atoms with Gasteiger partial charge in [-0.05, 0) is 54.2 Å². The third-order valence-corrected chi connectivity index (χ3v) is 8.27. The van der Waals surface area contributed by atoms with Crippen LogP contribution in [0.3, 0.4) is 0 Å². The molecule has 6 nitrogen and oxygen atoms in total. The Bertz CT molecular complexity index is 1610. The van der Waals surface area contributed by atoms with Crippen LogP contribution < -0.4 is 0 Å². The van der Waals surface area contributed by atoms with E-state index in [2.05, 4.69) is 24.3 Å². The molecule has 1 aliphatic carbocycles. The predicted octanol–water partition coefficient (Wildman–Crippen LogP) is 6.30. The summed E-state index contributed by atoms with van der Waals surface area (Å²) in [7, 11) is 0. The summed E-state index contributed by atoms with van der Waals surface area (Å²) < 4.78 is 11.6. The largest absolute Gasteiger partial charge is 0.460 e. The zero-order valence-electron chi connectivity index (χ0n) is 24.7. The van der Waals surface area contributed by atoms with Crippen LogP contribution in [0.15, 0.2) is 109 Å². The van der Waals surface area contributed by atoms with Crippen molar-refractivity contribution < 1.29 is 23.9 Å². The van der Waals surface area contributed by atoms with Gasteiger partial charge in [-0.25, -0.2) is 0 Å². The molecule has 1 aliphatic heterocycles. The molecular weight excluding hydrogens is 538 g/mol. The van der Waals surface area contributed by atoms with E-state index >= 15 is 0 Å². The molecule has 0 amide bonds. The van der Waals surface area contributed by atoms with Gasteiger partial charge in [-0.2, -0.15) is 0 Å². The molecule has 1 saturated heterocycles. The van der Waals surface area contributed by atoms with Crippen LogP contribution in [0.2, 0.25) is 0 Å². The number of rotatable bonds is 7. The summed E-state index contributed by atoms with van der Waals surface area (Å²) in [6.45, 7) is 5.39. The maximum atomic E-state index is 14.2. The van der Waals surface area contributed by atoms with E-state index in [1.54, 1.807) is 20.8 Å². The van der Waals surface area contributed by atoms with Crippen molar-refractivity contribution in [1.29, 1.82) is 0 Å². The molecule has 4 aromatic carbocycles. The van der Waals surface area contributed by atoms with E-state index in [1.165, 1.54) is 0 Å². The monoisotopic (exact) mass is 573 g/mol. The third kappa shape index (κ3) is 5.17. The Hall–Kier alpha value is -4.55. The summed E-state index contributed by atoms with van der Waals surface area (Å²) in [6.07, 6.45) is -0.216. The molecule has 1 fully saturated rings. The van der Waals surface area contributed by atoms with Crippen LogP contribution in [0.5, 0.6) is 0 Å². The zero-order chi connectivity index (χ0) is 30.2. The van der Waals surface area contributed by atoms with Gasteiger partial charge in [-0.3, -0.25) is 19.3 Å². The number of carbonyl (C=O) groups excluding carboxylic acids is 3. The number of Topliss-reactive ketones (excluding diaryl/α,β-unsaturated/α-hetero) is 1. The molecule has 4 aromatic rings. The number of benzene rings is 4. The van der Waals surface area contributed by atoms with Gasteiger partial charge in [0.15, 0.2) is 5.78 Å². The fourth-order valence-corrected chi connectivity index (χ4v) is 6.68. The zero-order valence-corrected chi connectivity index (χ0v) is 24.7. The Morgan fingerprint density at radius 3 is 1.91 bits per heavy atom. The van der Waals surface area contributed by atoms with Gasteiger partial charge >= 0.3 is 11.9 Å². The lowest BCUT2D eigenvalue weighted by atomic mass is 9.78. The molecule has 0 radical (unpaired) electrons. The molecule has 0 unspecified atom stereocenters. The van der Waals surface area contributed by atoms with Crippen molar-refractivity contribution in [2.45, 2.75) is 51.0 Å². The van der Waals surface area contributed by atoms with E-state index in [0.717, 1.165) is 33.4 Å². The predicted molar refractivity (Wildman–Crippen MR) is 164 cm³/mol. The molecule has 6 heteroatoms. The lowest BCUT2D eigenvalue weighted by Gasteiger charge is -2.44. The molecule has 43 heavy (non-hydrogen) atoms. The van der Waals surface area contributed by atoms with E-state index in [0.29, 0.717) is 0 Å². The van der Waals surface area contributed by atoms with Crippen molar-refractivity contribution in [3.63, 3.8) is 0 Å². The van der Waals surface area contributed by atoms with Gasteiger partial charge in [0, 0.05) is 0 Å². The van der Waals surface area contributed by atoms with Crippen molar-refractivity contribution in [3.05, 3.63) is 131 Å². The van der Waals surface area contributed by atoms with Crippen LogP contribution in [-0.4, -0.2) is 40.8 Å². The second-order valence-electron chi connectivity index (χ2n) is 12.2. The first kappa shape index (κ1) is 28.6. The average Bonchev–Trinajstić information content (AvgIpc) is 3.48. The molecule has 218 valence electrons. The SMILES string of the molecule is CC(C)(C)OC(=O)C[C@H]1C(=O)CN(C2(c3ccccc3)c3ccccc3-c3ccccc32)[C@@H]1C(=O)OCc1ccccc1. The normalized spacial score (nSPS) is 19.0. The number of likely N-dealkylation sites (tertiary alicyclic amines) is 1. The van der Waals surface area contributed by atoms with Crippen molar-refractivity contribution in [2.75, 3.05) is 6.54 Å². The summed E-state index contributed by atoms with van der Waals surface area (Å²) in [5.74, 6) is -2.18. The minimum atomic E-state index is -1.02. The van der Waals surface area contributed by atoms with E-state index in [9.17, 15) is 14.4 Å². The summed E-state index contributed by atoms with van der Waals surface area (Å²) >= 11 is 0. The molecule has 2 atom stereocenters. The Morgan fingerprint density at radius 2 is 1.33 bits per heavy atom. The van der Waals surface area contributed by atoms with Gasteiger partial charge in [0.1, 0.15) is 18.2 Å². The first-order chi connectivity index (χ1) is 20.7. The number of hydrogen-bond acceptors (Lipinski definition) is 6. The highest BCUT2D eigenvalue weighted by Gasteiger charge is 2.59. The van der Waals surface area contributed by atoms with Crippen molar-refractivity contribution in [3.8, 4) is 11.1 Å². The molecule has 0 N–H and O–H groups in total. The molecule has 0 spiro atoms. The number of ether oxygens (including phenoxy) is 2. The molecule has 0 bridgehead atoms. The fraction of sp³-hybridized carbons (Fsp3) is 0.270. The van der Waals surface area contributed by atoms with Gasteiger partial charge in [0.2, 0.25) is 0 Å². The van der Waals surface area contributed by atoms with E-state index in [4.69, 9.17) is 9.47 Å². The Balaban J connectivity index is 1.51. The van der Waals surface area contributed by atoms with Crippen LogP contribution in [0.1, 0.15) is 49.4 Å². The number of carbonyl (C=O) groups is 3. The number of hydrogen-bond donors (Lipinski definition) is 0. The standard InChI is InChI=1S/C37H35NO5/c1-36(2,3)43-33(40)22-29-32(39)23-38(34(29)35(41)42-24-25-14-6-4-7-15-25)37(26-16-8-5-9-17-26)30-20-12-10-18-27(30)28-19-11-13-21-31(28)37/h4-21,29,34H,22-24H2,1-3H3/t29-,34-/m0/s1. The number of nitrogens with zero attached hydrogens (tertiary/aromatic N) is 1. The highest BCUT2D eigenvalue weighted by Crippen LogP contribution is 2.56. The quantitative estimate of drug-likeness (QED) is 0.242. The van der Waals surface area contributed by atoms with Gasteiger partial charge in [-0.15, -0.1) is 0 Å². The van der Waals surface area contributed by atoms with E-state index < -0.39 is 35.0 Å². The van der Waals surface area contributed by atoms with Crippen LogP contribution in [-0.2, 0) is 36.0 Å². The van der Waals surface area contributed by atoms with Crippen LogP contribution in [0, 0.1) is 5.92 Å². The Morgan fingerprint density at radius 1 is 0.791 bits per heavy atom. The molecular formula is C37H35NO5. The number of esters is 2. The lowest BCUT2D eigenvalue weighted by molar-refractivity contribution is -0.159. The maximum Gasteiger partial charge on any atom is 0.324 e. The van der Waals surface area contributed by atoms with Crippen molar-refractivity contribution >= 4 is 17.7 Å². The molecule has 0 aromatic heterocycles. The summed E-state index contributed by atoms with van der Waals surface area (Å²) in [5.41, 5.74) is 4.12. The second kappa shape index (κ2) is 11.3. The molecule has 0 saturated carbocycles. The molecule has 2 aliphatic rings. The Kier molecular flexibility index (Phi) is 7.49. The van der Waals surface area contributed by atoms with Gasteiger partial charge in [0.05, 0.1) is 24.4 Å². The average molecular weight is 574 g/mol. The van der Waals surface area contributed by atoms with Crippen LogP contribution in [0.4, 0.5) is 0 Å². The Labute approximate surface area is 252 Å².